The number of benzene rings is 1. The van der Waals surface area contributed by atoms with Crippen molar-refractivity contribution in [2.24, 2.45) is 17.8 Å². The highest BCUT2D eigenvalue weighted by Gasteiger charge is 2.49. The maximum absolute atomic E-state index is 14.9. The second-order valence-corrected chi connectivity index (χ2v) is 10.3. The highest BCUT2D eigenvalue weighted by molar-refractivity contribution is 6.01. The molecule has 3 fully saturated rings. The van der Waals surface area contributed by atoms with Gasteiger partial charge in [0.2, 0.25) is 11.8 Å². The van der Waals surface area contributed by atoms with Crippen LogP contribution in [0.25, 0.3) is 0 Å². The molecule has 2 heterocycles. The van der Waals surface area contributed by atoms with Gasteiger partial charge in [0.15, 0.2) is 0 Å². The molecule has 3 aliphatic rings. The first-order valence-electron chi connectivity index (χ1n) is 13.7. The average molecular weight is 548 g/mol. The van der Waals surface area contributed by atoms with Gasteiger partial charge in [-0.05, 0) is 74.1 Å². The summed E-state index contributed by atoms with van der Waals surface area (Å²) < 4.78 is 42.5. The van der Waals surface area contributed by atoms with Gasteiger partial charge in [-0.3, -0.25) is 19.1 Å². The van der Waals surface area contributed by atoms with Crippen molar-refractivity contribution < 1.29 is 27.6 Å². The van der Waals surface area contributed by atoms with Gasteiger partial charge in [-0.2, -0.15) is 5.10 Å². The van der Waals surface area contributed by atoms with E-state index in [1.165, 1.54) is 18.3 Å². The zero-order valence-electron chi connectivity index (χ0n) is 22.6. The van der Waals surface area contributed by atoms with Crippen LogP contribution in [0.5, 0.6) is 0 Å². The Morgan fingerprint density at radius 1 is 1.08 bits per heavy atom. The van der Waals surface area contributed by atoms with E-state index in [0.29, 0.717) is 29.6 Å². The summed E-state index contributed by atoms with van der Waals surface area (Å²) >= 11 is 0. The molecule has 0 bridgehead atoms. The van der Waals surface area contributed by atoms with E-state index >= 15 is 0 Å². The lowest BCUT2D eigenvalue weighted by Gasteiger charge is -2.38. The lowest BCUT2D eigenvalue weighted by molar-refractivity contribution is -0.165. The molecule has 2 saturated carbocycles. The molecule has 1 aromatic heterocycles. The van der Waals surface area contributed by atoms with E-state index in [4.69, 9.17) is 0 Å². The maximum atomic E-state index is 14.9. The second-order valence-electron chi connectivity index (χ2n) is 10.3. The van der Waals surface area contributed by atoms with Gasteiger partial charge in [-0.25, -0.2) is 13.2 Å². The molecule has 8 nitrogen and oxygen atoms in total. The molecule has 1 aromatic carbocycles. The number of nitrogens with zero attached hydrogens (tertiary/aromatic N) is 3. The Labute approximate surface area is 226 Å². The molecule has 1 saturated heterocycles. The lowest BCUT2D eigenvalue weighted by atomic mass is 9.88. The summed E-state index contributed by atoms with van der Waals surface area (Å²) in [4.78, 5) is 39.7. The minimum Gasteiger partial charge on any atom is -0.339 e. The van der Waals surface area contributed by atoms with E-state index in [9.17, 15) is 27.6 Å². The van der Waals surface area contributed by atoms with Crippen LogP contribution in [0.15, 0.2) is 30.5 Å². The maximum Gasteiger partial charge on any atom is 0.282 e. The van der Waals surface area contributed by atoms with Crippen molar-refractivity contribution in [3.8, 4) is 0 Å². The van der Waals surface area contributed by atoms with Gasteiger partial charge in [0.1, 0.15) is 17.6 Å². The average Bonchev–Trinajstić information content (AvgIpc) is 3.84. The summed E-state index contributed by atoms with van der Waals surface area (Å²) in [7, 11) is 0. The van der Waals surface area contributed by atoms with Crippen LogP contribution in [0.3, 0.4) is 0 Å². The van der Waals surface area contributed by atoms with Gasteiger partial charge in [0, 0.05) is 12.7 Å². The predicted molar refractivity (Wildman–Crippen MR) is 140 cm³/mol. The number of carbonyl (C=O) groups excluding carboxylic acids is 3. The molecule has 39 heavy (non-hydrogen) atoms. The standard InChI is InChI=1S/C26H30F3N5O3.C2H6/c1-2-34-20(9-10-30-34)24(36)32-23(22(16-4-5-16)17-6-7-17)25(37)31-19-8-3-15(11-18(19)27)12-21(35)33-13-26(28,29)14-33;1-2/h3,8-11,16-17,22-23H,2,4-7,12-14H2,1H3,(H,31,37)(H,32,36);1-2H3. The fourth-order valence-electron chi connectivity index (χ4n) is 5.18. The molecule has 11 heteroatoms. The third kappa shape index (κ3) is 6.80. The Balaban J connectivity index is 0.00000172. The molecular formula is C28H36F3N5O3. The van der Waals surface area contributed by atoms with Crippen LogP contribution < -0.4 is 10.6 Å². The first-order valence-corrected chi connectivity index (χ1v) is 13.7. The summed E-state index contributed by atoms with van der Waals surface area (Å²) in [5.41, 5.74) is 0.605. The molecule has 2 aliphatic carbocycles. The quantitative estimate of drug-likeness (QED) is 0.465. The molecular weight excluding hydrogens is 511 g/mol. The number of aryl methyl sites for hydroxylation is 1. The van der Waals surface area contributed by atoms with Gasteiger partial charge >= 0.3 is 0 Å². The highest BCUT2D eigenvalue weighted by atomic mass is 19.3. The van der Waals surface area contributed by atoms with E-state index in [2.05, 4.69) is 15.7 Å². The summed E-state index contributed by atoms with van der Waals surface area (Å²) in [6.45, 7) is 5.11. The van der Waals surface area contributed by atoms with Crippen molar-refractivity contribution in [2.45, 2.75) is 71.4 Å². The SMILES string of the molecule is CC.CCn1nccc1C(=O)NC(C(=O)Nc1ccc(CC(=O)N2CC(F)(F)C2)cc1F)C(C1CC1)C1CC1. The third-order valence-electron chi connectivity index (χ3n) is 7.38. The van der Waals surface area contributed by atoms with Crippen molar-refractivity contribution >= 4 is 23.4 Å². The molecule has 0 spiro atoms. The number of alkyl halides is 2. The first kappa shape index (κ1) is 28.6. The van der Waals surface area contributed by atoms with Crippen LogP contribution in [0.4, 0.5) is 18.9 Å². The zero-order chi connectivity index (χ0) is 28.3. The van der Waals surface area contributed by atoms with Crippen LogP contribution >= 0.6 is 0 Å². The van der Waals surface area contributed by atoms with Crippen molar-refractivity contribution in [3.05, 3.63) is 47.5 Å². The van der Waals surface area contributed by atoms with Gasteiger partial charge in [-0.1, -0.05) is 19.9 Å². The van der Waals surface area contributed by atoms with Crippen LogP contribution in [-0.4, -0.2) is 57.5 Å². The summed E-state index contributed by atoms with van der Waals surface area (Å²) in [6, 6.07) is 4.73. The Kier molecular flexibility index (Phi) is 8.66. The molecule has 1 atom stereocenters. The molecule has 5 rings (SSSR count). The van der Waals surface area contributed by atoms with E-state index in [-0.39, 0.29) is 18.0 Å². The minimum absolute atomic E-state index is 0.0310. The predicted octanol–water partition coefficient (Wildman–Crippen LogP) is 4.26. The summed E-state index contributed by atoms with van der Waals surface area (Å²) in [5.74, 6) is -4.36. The first-order chi connectivity index (χ1) is 18.6. The third-order valence-corrected chi connectivity index (χ3v) is 7.38. The zero-order valence-corrected chi connectivity index (χ0v) is 22.6. The number of likely N-dealkylation sites (tertiary alicyclic amines) is 1. The minimum atomic E-state index is -2.87. The Morgan fingerprint density at radius 2 is 1.72 bits per heavy atom. The number of amides is 3. The number of halogens is 3. The Hall–Kier alpha value is -3.37. The van der Waals surface area contributed by atoms with Gasteiger partial charge in [0.25, 0.3) is 11.8 Å². The topological polar surface area (TPSA) is 96.3 Å². The molecule has 0 radical (unpaired) electrons. The molecule has 2 aromatic rings. The molecule has 212 valence electrons. The second kappa shape index (κ2) is 11.8. The number of carbonyl (C=O) groups is 3. The smallest absolute Gasteiger partial charge is 0.282 e. The highest BCUT2D eigenvalue weighted by Crippen LogP contribution is 2.51. The van der Waals surface area contributed by atoms with Crippen molar-refractivity contribution in [3.63, 3.8) is 0 Å². The van der Waals surface area contributed by atoms with E-state index in [0.717, 1.165) is 36.6 Å². The van der Waals surface area contributed by atoms with Crippen molar-refractivity contribution in [1.82, 2.24) is 20.0 Å². The summed E-state index contributed by atoms with van der Waals surface area (Å²) in [5, 5.41) is 9.65. The molecule has 2 N–H and O–H groups in total. The number of nitrogens with one attached hydrogen (secondary N) is 2. The van der Waals surface area contributed by atoms with Crippen molar-refractivity contribution in [1.29, 1.82) is 0 Å². The number of hydrogen-bond donors (Lipinski definition) is 2. The molecule has 1 unspecified atom stereocenters. The fraction of sp³-hybridized carbons (Fsp3) is 0.571. The monoisotopic (exact) mass is 547 g/mol. The lowest BCUT2D eigenvalue weighted by Crippen LogP contribution is -2.58. The largest absolute Gasteiger partial charge is 0.339 e. The number of aromatic nitrogens is 2. The number of rotatable bonds is 10. The van der Waals surface area contributed by atoms with Crippen molar-refractivity contribution in [2.75, 3.05) is 18.4 Å². The summed E-state index contributed by atoms with van der Waals surface area (Å²) in [6.07, 6.45) is 5.29. The molecule has 3 amide bonds. The van der Waals surface area contributed by atoms with Crippen LogP contribution in [0.1, 0.15) is 62.5 Å². The van der Waals surface area contributed by atoms with E-state index < -0.39 is 48.6 Å². The van der Waals surface area contributed by atoms with Crippen LogP contribution in [0.2, 0.25) is 0 Å². The van der Waals surface area contributed by atoms with Crippen LogP contribution in [-0.2, 0) is 22.6 Å². The fourth-order valence-corrected chi connectivity index (χ4v) is 5.18. The van der Waals surface area contributed by atoms with Crippen LogP contribution in [0, 0.1) is 23.6 Å². The Bertz CT molecular complexity index is 1190. The van der Waals surface area contributed by atoms with E-state index in [1.807, 2.05) is 20.8 Å². The number of hydrogen-bond acceptors (Lipinski definition) is 4. The van der Waals surface area contributed by atoms with Gasteiger partial charge < -0.3 is 15.5 Å². The van der Waals surface area contributed by atoms with Gasteiger partial charge in [-0.15, -0.1) is 0 Å². The van der Waals surface area contributed by atoms with E-state index in [1.54, 1.807) is 10.7 Å². The molecule has 1 aliphatic heterocycles. The number of anilines is 1. The van der Waals surface area contributed by atoms with Gasteiger partial charge in [0.05, 0.1) is 25.2 Å². The Morgan fingerprint density at radius 3 is 2.26 bits per heavy atom. The normalized spacial score (nSPS) is 18.5.